The fourth-order valence-corrected chi connectivity index (χ4v) is 4.74. The van der Waals surface area contributed by atoms with E-state index in [1.54, 1.807) is 11.9 Å². The van der Waals surface area contributed by atoms with E-state index < -0.39 is 0 Å². The third-order valence-electron chi connectivity index (χ3n) is 5.74. The smallest absolute Gasteiger partial charge is 0.254 e. The summed E-state index contributed by atoms with van der Waals surface area (Å²) < 4.78 is 11.9. The number of nitrogens with one attached hydrogen (secondary N) is 1. The zero-order chi connectivity index (χ0) is 17.8. The average Bonchev–Trinajstić information content (AvgIpc) is 2.62. The Hall–Kier alpha value is -0.780. The van der Waals surface area contributed by atoms with Gasteiger partial charge >= 0.3 is 0 Å². The molecular weight excluding hydrogens is 332 g/mol. The molecule has 1 N–H and O–H groups in total. The van der Waals surface area contributed by atoms with Crippen molar-refractivity contribution in [3.63, 3.8) is 0 Å². The van der Waals surface area contributed by atoms with Gasteiger partial charge < -0.3 is 9.30 Å². The topological polar surface area (TPSA) is 43.3 Å². The molecule has 1 saturated carbocycles. The van der Waals surface area contributed by atoms with Crippen molar-refractivity contribution in [1.29, 1.82) is 0 Å². The zero-order valence-electron chi connectivity index (χ0n) is 15.8. The van der Waals surface area contributed by atoms with Crippen LogP contribution in [-0.4, -0.2) is 29.1 Å². The number of hydrogen-bond acceptors (Lipinski definition) is 4. The molecule has 1 aromatic heterocycles. The van der Waals surface area contributed by atoms with Gasteiger partial charge in [0, 0.05) is 23.1 Å². The Morgan fingerprint density at radius 2 is 2.00 bits per heavy atom. The first-order valence-corrected chi connectivity index (χ1v) is 10.8. The molecule has 0 spiro atoms. The predicted octanol–water partition coefficient (Wildman–Crippen LogP) is 3.87. The molecule has 1 aliphatic carbocycles. The molecule has 0 saturated heterocycles. The predicted molar refractivity (Wildman–Crippen MR) is 105 cm³/mol. The van der Waals surface area contributed by atoms with Gasteiger partial charge in [-0.25, -0.2) is 0 Å². The van der Waals surface area contributed by atoms with Gasteiger partial charge in [-0.15, -0.1) is 0 Å². The maximum atomic E-state index is 12.8. The molecule has 1 aromatic rings. The van der Waals surface area contributed by atoms with E-state index >= 15 is 0 Å². The van der Waals surface area contributed by atoms with Crippen molar-refractivity contribution >= 4 is 11.9 Å². The van der Waals surface area contributed by atoms with Crippen LogP contribution in [0.3, 0.4) is 0 Å². The summed E-state index contributed by atoms with van der Waals surface area (Å²) in [6, 6.07) is 4.47. The van der Waals surface area contributed by atoms with Crippen LogP contribution in [-0.2, 0) is 11.2 Å². The minimum absolute atomic E-state index is 0.0922. The van der Waals surface area contributed by atoms with Crippen LogP contribution in [0.2, 0.25) is 0 Å². The normalized spacial score (nSPS) is 29.4. The number of rotatable bonds is 6. The van der Waals surface area contributed by atoms with Crippen LogP contribution < -0.4 is 10.3 Å². The lowest BCUT2D eigenvalue weighted by molar-refractivity contribution is -0.00522. The van der Waals surface area contributed by atoms with Gasteiger partial charge in [0.25, 0.3) is 5.56 Å². The highest BCUT2D eigenvalue weighted by molar-refractivity contribution is 7.97. The van der Waals surface area contributed by atoms with Gasteiger partial charge in [0.05, 0.1) is 18.8 Å². The molecule has 2 aliphatic rings. The van der Waals surface area contributed by atoms with Crippen LogP contribution in [0.15, 0.2) is 16.9 Å². The van der Waals surface area contributed by atoms with Gasteiger partial charge in [-0.2, -0.15) is 0 Å². The average molecular weight is 365 g/mol. The Kier molecular flexibility index (Phi) is 6.64. The van der Waals surface area contributed by atoms with E-state index in [4.69, 9.17) is 4.74 Å². The molecule has 2 atom stereocenters. The molecular formula is C20H32N2O2S. The van der Waals surface area contributed by atoms with Gasteiger partial charge in [0.15, 0.2) is 0 Å². The van der Waals surface area contributed by atoms with E-state index in [1.807, 2.05) is 17.6 Å². The van der Waals surface area contributed by atoms with Crippen LogP contribution in [0.25, 0.3) is 0 Å². The maximum absolute atomic E-state index is 12.8. The Labute approximate surface area is 155 Å². The third-order valence-corrected chi connectivity index (χ3v) is 6.50. The SMILES string of the molecule is CCSNC1CCc2ccc(C)c(=O)n2C1COC1CCC(C)CC1. The standard InChI is InChI=1S/C20H32N2O2S/c1-4-25-21-18-12-9-16-8-7-15(3)20(23)22(16)19(18)13-24-17-10-5-14(2)6-11-17/h7-8,14,17-19,21H,4-6,9-13H2,1-3H3. The molecule has 2 unspecified atom stereocenters. The molecule has 5 heteroatoms. The maximum Gasteiger partial charge on any atom is 0.254 e. The first-order valence-electron chi connectivity index (χ1n) is 9.80. The Balaban J connectivity index is 1.76. The molecule has 1 fully saturated rings. The number of ether oxygens (including phenoxy) is 1. The fourth-order valence-electron chi connectivity index (χ4n) is 4.09. The second-order valence-corrected chi connectivity index (χ2v) is 8.76. The molecule has 140 valence electrons. The van der Waals surface area contributed by atoms with E-state index in [-0.39, 0.29) is 11.6 Å². The minimum Gasteiger partial charge on any atom is -0.376 e. The lowest BCUT2D eigenvalue weighted by atomic mass is 9.89. The lowest BCUT2D eigenvalue weighted by Gasteiger charge is -2.37. The molecule has 1 aliphatic heterocycles. The molecule has 0 amide bonds. The second-order valence-electron chi connectivity index (χ2n) is 7.66. The fraction of sp³-hybridized carbons (Fsp3) is 0.750. The van der Waals surface area contributed by atoms with Crippen molar-refractivity contribution in [3.8, 4) is 0 Å². The number of aromatic nitrogens is 1. The van der Waals surface area contributed by atoms with Gasteiger partial charge in [-0.3, -0.25) is 9.52 Å². The van der Waals surface area contributed by atoms with Crippen molar-refractivity contribution in [2.45, 2.75) is 77.5 Å². The zero-order valence-corrected chi connectivity index (χ0v) is 16.6. The summed E-state index contributed by atoms with van der Waals surface area (Å²) in [4.78, 5) is 12.8. The number of aryl methyl sites for hydroxylation is 2. The summed E-state index contributed by atoms with van der Waals surface area (Å²) in [5, 5.41) is 0. The van der Waals surface area contributed by atoms with Crippen molar-refractivity contribution in [3.05, 3.63) is 33.7 Å². The van der Waals surface area contributed by atoms with E-state index in [1.165, 1.54) is 12.8 Å². The Morgan fingerprint density at radius 3 is 2.72 bits per heavy atom. The lowest BCUT2D eigenvalue weighted by Crippen LogP contribution is -2.46. The van der Waals surface area contributed by atoms with Gasteiger partial charge in [-0.1, -0.05) is 31.9 Å². The van der Waals surface area contributed by atoms with Crippen molar-refractivity contribution in [1.82, 2.24) is 9.29 Å². The van der Waals surface area contributed by atoms with Crippen LogP contribution in [0, 0.1) is 12.8 Å². The number of fused-ring (bicyclic) bond motifs is 1. The highest BCUT2D eigenvalue weighted by Crippen LogP contribution is 2.29. The Bertz CT molecular complexity index is 623. The minimum atomic E-state index is 0.0922. The number of nitrogens with zero attached hydrogens (tertiary/aromatic N) is 1. The molecule has 0 aromatic carbocycles. The summed E-state index contributed by atoms with van der Waals surface area (Å²) in [7, 11) is 0. The van der Waals surface area contributed by atoms with E-state index in [9.17, 15) is 4.79 Å². The van der Waals surface area contributed by atoms with Crippen molar-refractivity contribution < 1.29 is 4.74 Å². The van der Waals surface area contributed by atoms with E-state index in [0.29, 0.717) is 18.8 Å². The largest absolute Gasteiger partial charge is 0.376 e. The number of hydrogen-bond donors (Lipinski definition) is 1. The monoisotopic (exact) mass is 364 g/mol. The molecule has 25 heavy (non-hydrogen) atoms. The van der Waals surface area contributed by atoms with Crippen molar-refractivity contribution in [2.24, 2.45) is 5.92 Å². The molecule has 2 heterocycles. The quantitative estimate of drug-likeness (QED) is 0.778. The van der Waals surface area contributed by atoms with Crippen molar-refractivity contribution in [2.75, 3.05) is 12.4 Å². The van der Waals surface area contributed by atoms with E-state index in [2.05, 4.69) is 24.6 Å². The summed E-state index contributed by atoms with van der Waals surface area (Å²) in [6.07, 6.45) is 7.22. The van der Waals surface area contributed by atoms with E-state index in [0.717, 1.165) is 48.6 Å². The number of pyridine rings is 1. The van der Waals surface area contributed by atoms with Crippen LogP contribution in [0.5, 0.6) is 0 Å². The van der Waals surface area contributed by atoms with Crippen LogP contribution in [0.4, 0.5) is 0 Å². The Morgan fingerprint density at radius 1 is 1.24 bits per heavy atom. The summed E-state index contributed by atoms with van der Waals surface area (Å²) >= 11 is 1.74. The van der Waals surface area contributed by atoms with Crippen LogP contribution in [0.1, 0.15) is 63.3 Å². The highest BCUT2D eigenvalue weighted by Gasteiger charge is 2.31. The van der Waals surface area contributed by atoms with Crippen LogP contribution >= 0.6 is 11.9 Å². The van der Waals surface area contributed by atoms with Gasteiger partial charge in [-0.05, 0) is 57.4 Å². The van der Waals surface area contributed by atoms with Gasteiger partial charge in [0.1, 0.15) is 0 Å². The summed E-state index contributed by atoms with van der Waals surface area (Å²) in [6.45, 7) is 7.03. The summed E-state index contributed by atoms with van der Waals surface area (Å²) in [5.74, 6) is 1.86. The molecule has 0 radical (unpaired) electrons. The highest BCUT2D eigenvalue weighted by atomic mass is 32.2. The first kappa shape index (κ1) is 19.0. The summed E-state index contributed by atoms with van der Waals surface area (Å²) in [5.41, 5.74) is 2.13. The molecule has 0 bridgehead atoms. The molecule has 3 rings (SSSR count). The molecule has 4 nitrogen and oxygen atoms in total. The second kappa shape index (κ2) is 8.74. The van der Waals surface area contributed by atoms with Gasteiger partial charge in [0.2, 0.25) is 0 Å². The first-order chi connectivity index (χ1) is 12.1. The third kappa shape index (κ3) is 4.50.